The maximum atomic E-state index is 13.7. The van der Waals surface area contributed by atoms with E-state index in [0.717, 1.165) is 18.2 Å². The largest absolute Gasteiger partial charge is 0.360 e. The van der Waals surface area contributed by atoms with Crippen molar-refractivity contribution in [2.45, 2.75) is 31.6 Å². The van der Waals surface area contributed by atoms with Crippen LogP contribution in [0.15, 0.2) is 27.6 Å². The molecule has 1 aliphatic rings. The van der Waals surface area contributed by atoms with E-state index in [9.17, 15) is 22.0 Å². The van der Waals surface area contributed by atoms with Gasteiger partial charge in [0, 0.05) is 19.2 Å². The second-order valence-corrected chi connectivity index (χ2v) is 8.34. The van der Waals surface area contributed by atoms with E-state index in [1.54, 1.807) is 0 Å². The van der Waals surface area contributed by atoms with Crippen molar-refractivity contribution in [3.8, 4) is 0 Å². The summed E-state index contributed by atoms with van der Waals surface area (Å²) in [5.74, 6) is -2.51. The number of rotatable bonds is 4. The highest BCUT2D eigenvalue weighted by atomic mass is 32.2. The number of nitrogens with zero attached hydrogens (tertiary/aromatic N) is 2. The first-order valence-electron chi connectivity index (χ1n) is 8.39. The Bertz CT molecular complexity index is 955. The first kappa shape index (κ1) is 19.4. The van der Waals surface area contributed by atoms with Gasteiger partial charge >= 0.3 is 0 Å². The van der Waals surface area contributed by atoms with Gasteiger partial charge in [-0.3, -0.25) is 4.79 Å². The molecular formula is C17H19F2N3O4S. The Balaban J connectivity index is 1.78. The molecule has 1 aromatic heterocycles. The van der Waals surface area contributed by atoms with Crippen LogP contribution in [-0.4, -0.2) is 36.9 Å². The fraction of sp³-hybridized carbons (Fsp3) is 0.412. The second-order valence-electron chi connectivity index (χ2n) is 6.47. The van der Waals surface area contributed by atoms with Gasteiger partial charge in [0.05, 0.1) is 11.6 Å². The predicted molar refractivity (Wildman–Crippen MR) is 92.4 cm³/mol. The number of carbonyl (C=O) groups is 1. The van der Waals surface area contributed by atoms with Gasteiger partial charge in [0.1, 0.15) is 22.2 Å². The summed E-state index contributed by atoms with van der Waals surface area (Å²) in [7, 11) is -3.87. The summed E-state index contributed by atoms with van der Waals surface area (Å²) in [6, 6.07) is 2.75. The van der Waals surface area contributed by atoms with Crippen LogP contribution in [0.3, 0.4) is 0 Å². The monoisotopic (exact) mass is 399 g/mol. The summed E-state index contributed by atoms with van der Waals surface area (Å²) in [4.78, 5) is 12.5. The third-order valence-corrected chi connectivity index (χ3v) is 6.62. The second kappa shape index (κ2) is 7.35. The minimum absolute atomic E-state index is 0.000247. The normalized spacial score (nSPS) is 18.4. The summed E-state index contributed by atoms with van der Waals surface area (Å²) in [5, 5.41) is 6.01. The van der Waals surface area contributed by atoms with Crippen molar-refractivity contribution in [2.24, 2.45) is 5.92 Å². The molecule has 1 aliphatic heterocycles. The summed E-state index contributed by atoms with van der Waals surface area (Å²) < 4.78 is 58.9. The maximum absolute atomic E-state index is 13.7. The molecule has 1 aromatic carbocycles. The number of nitrogens with one attached hydrogen (secondary N) is 1. The third-order valence-electron chi connectivity index (χ3n) is 4.51. The van der Waals surface area contributed by atoms with E-state index < -0.39 is 33.5 Å². The number of benzene rings is 1. The molecule has 146 valence electrons. The highest BCUT2D eigenvalue weighted by Crippen LogP contribution is 2.28. The smallest absolute Gasteiger partial charge is 0.248 e. The molecule has 27 heavy (non-hydrogen) atoms. The molecule has 2 aromatic rings. The Morgan fingerprint density at radius 3 is 2.74 bits per heavy atom. The van der Waals surface area contributed by atoms with E-state index >= 15 is 0 Å². The Morgan fingerprint density at radius 2 is 2.07 bits per heavy atom. The maximum Gasteiger partial charge on any atom is 0.248 e. The molecule has 2 heterocycles. The number of halogens is 2. The van der Waals surface area contributed by atoms with E-state index in [1.807, 2.05) is 0 Å². The van der Waals surface area contributed by atoms with Gasteiger partial charge in [0.2, 0.25) is 15.9 Å². The number of carbonyl (C=O) groups excluding carboxylic acids is 1. The van der Waals surface area contributed by atoms with Gasteiger partial charge in [0.25, 0.3) is 0 Å². The zero-order chi connectivity index (χ0) is 19.8. The molecule has 3 rings (SSSR count). The van der Waals surface area contributed by atoms with Crippen LogP contribution in [0.2, 0.25) is 0 Å². The van der Waals surface area contributed by atoms with Gasteiger partial charge < -0.3 is 9.84 Å². The van der Waals surface area contributed by atoms with Crippen molar-refractivity contribution in [1.29, 1.82) is 0 Å². The van der Waals surface area contributed by atoms with Crippen LogP contribution in [0, 0.1) is 31.4 Å². The van der Waals surface area contributed by atoms with Crippen molar-refractivity contribution >= 4 is 21.6 Å². The molecule has 1 N–H and O–H groups in total. The highest BCUT2D eigenvalue weighted by Gasteiger charge is 2.36. The zero-order valence-corrected chi connectivity index (χ0v) is 15.6. The molecule has 0 spiro atoms. The van der Waals surface area contributed by atoms with Gasteiger partial charge in [-0.05, 0) is 38.8 Å². The van der Waals surface area contributed by atoms with Crippen LogP contribution < -0.4 is 5.32 Å². The Labute approximate surface area is 155 Å². The van der Waals surface area contributed by atoms with Crippen molar-refractivity contribution < 1.29 is 26.5 Å². The number of amides is 1. The summed E-state index contributed by atoms with van der Waals surface area (Å²) in [6.07, 6.45) is 0.905. The Hall–Kier alpha value is -2.33. The van der Waals surface area contributed by atoms with E-state index in [-0.39, 0.29) is 35.1 Å². The molecule has 1 atom stereocenters. The Kier molecular flexibility index (Phi) is 5.29. The highest BCUT2D eigenvalue weighted by molar-refractivity contribution is 7.89. The molecule has 7 nitrogen and oxygen atoms in total. The lowest BCUT2D eigenvalue weighted by Crippen LogP contribution is -2.44. The lowest BCUT2D eigenvalue weighted by atomic mass is 9.98. The first-order valence-corrected chi connectivity index (χ1v) is 9.83. The average molecular weight is 399 g/mol. The quantitative estimate of drug-likeness (QED) is 0.853. The van der Waals surface area contributed by atoms with E-state index in [4.69, 9.17) is 4.52 Å². The molecule has 0 bridgehead atoms. The summed E-state index contributed by atoms with van der Waals surface area (Å²) >= 11 is 0. The molecule has 1 amide bonds. The van der Waals surface area contributed by atoms with Crippen molar-refractivity contribution in [2.75, 3.05) is 18.4 Å². The Morgan fingerprint density at radius 1 is 1.33 bits per heavy atom. The molecule has 0 saturated carbocycles. The number of aromatic nitrogens is 1. The predicted octanol–water partition coefficient (Wildman–Crippen LogP) is 2.61. The zero-order valence-electron chi connectivity index (χ0n) is 14.8. The van der Waals surface area contributed by atoms with E-state index in [1.165, 1.54) is 18.2 Å². The van der Waals surface area contributed by atoms with Crippen molar-refractivity contribution in [1.82, 2.24) is 9.46 Å². The van der Waals surface area contributed by atoms with E-state index in [0.29, 0.717) is 12.8 Å². The lowest BCUT2D eigenvalue weighted by molar-refractivity contribution is -0.120. The number of anilines is 1. The van der Waals surface area contributed by atoms with Gasteiger partial charge in [-0.15, -0.1) is 0 Å². The molecule has 0 radical (unpaired) electrons. The average Bonchev–Trinajstić information content (AvgIpc) is 2.97. The van der Waals surface area contributed by atoms with Crippen LogP contribution in [0.1, 0.15) is 24.3 Å². The fourth-order valence-electron chi connectivity index (χ4n) is 3.17. The molecular weight excluding hydrogens is 380 g/mol. The van der Waals surface area contributed by atoms with Crippen LogP contribution in [-0.2, 0) is 14.8 Å². The summed E-state index contributed by atoms with van der Waals surface area (Å²) in [5.41, 5.74) is -0.0217. The van der Waals surface area contributed by atoms with E-state index in [2.05, 4.69) is 10.5 Å². The fourth-order valence-corrected chi connectivity index (χ4v) is 4.99. The van der Waals surface area contributed by atoms with Crippen LogP contribution in [0.5, 0.6) is 0 Å². The van der Waals surface area contributed by atoms with Crippen molar-refractivity contribution in [3.63, 3.8) is 0 Å². The molecule has 0 aliphatic carbocycles. The van der Waals surface area contributed by atoms with Gasteiger partial charge in [-0.25, -0.2) is 17.2 Å². The minimum atomic E-state index is -3.87. The first-order chi connectivity index (χ1) is 12.7. The molecule has 1 saturated heterocycles. The lowest BCUT2D eigenvalue weighted by Gasteiger charge is -2.31. The van der Waals surface area contributed by atoms with Crippen LogP contribution >= 0.6 is 0 Å². The number of aryl methyl sites for hydroxylation is 2. The topological polar surface area (TPSA) is 92.5 Å². The van der Waals surface area contributed by atoms with Crippen LogP contribution in [0.25, 0.3) is 0 Å². The number of sulfonamides is 1. The molecule has 1 fully saturated rings. The molecule has 0 unspecified atom stereocenters. The van der Waals surface area contributed by atoms with Gasteiger partial charge in [-0.1, -0.05) is 5.16 Å². The summed E-state index contributed by atoms with van der Waals surface area (Å²) in [6.45, 7) is 3.23. The standard InChI is InChI=1S/C17H19F2N3O4S/c1-10-16(11(2)26-21-10)27(24,25)22-7-3-4-12(9-22)17(23)20-15-8-13(18)5-6-14(15)19/h5-6,8,12H,3-4,7,9H2,1-2H3,(H,20,23)/t12-/m0/s1. The number of hydrogen-bond donors (Lipinski definition) is 1. The van der Waals surface area contributed by atoms with Crippen molar-refractivity contribution in [3.05, 3.63) is 41.3 Å². The third kappa shape index (κ3) is 3.86. The van der Waals surface area contributed by atoms with Crippen LogP contribution in [0.4, 0.5) is 14.5 Å². The van der Waals surface area contributed by atoms with Gasteiger partial charge in [0.15, 0.2) is 5.76 Å². The van der Waals surface area contributed by atoms with Gasteiger partial charge in [-0.2, -0.15) is 4.31 Å². The minimum Gasteiger partial charge on any atom is -0.360 e. The number of piperidine rings is 1. The number of hydrogen-bond acceptors (Lipinski definition) is 5. The molecule has 10 heteroatoms. The SMILES string of the molecule is Cc1noc(C)c1S(=O)(=O)N1CCC[C@H](C(=O)Nc2cc(F)ccc2F)C1.